The third-order valence-corrected chi connectivity index (χ3v) is 5.26. The first-order valence-electron chi connectivity index (χ1n) is 10.7. The Bertz CT molecular complexity index is 816. The third kappa shape index (κ3) is 6.97. The molecule has 30 heavy (non-hydrogen) atoms. The monoisotopic (exact) mass is 412 g/mol. The third-order valence-electron chi connectivity index (χ3n) is 5.26. The SMILES string of the molecule is CCCNC(=O)[C@H](C)N(Cc1ccc(F)cc1)C(=O)CCc1ccc(C(C)C)cc1. The molecule has 2 rings (SSSR count). The van der Waals surface area contributed by atoms with Gasteiger partial charge < -0.3 is 10.2 Å². The van der Waals surface area contributed by atoms with Crippen LogP contribution >= 0.6 is 0 Å². The zero-order chi connectivity index (χ0) is 22.1. The lowest BCUT2D eigenvalue weighted by atomic mass is 10.00. The molecule has 1 atom stereocenters. The maximum absolute atomic E-state index is 13.3. The lowest BCUT2D eigenvalue weighted by Crippen LogP contribution is -2.47. The van der Waals surface area contributed by atoms with Crippen LogP contribution in [0.4, 0.5) is 4.39 Å². The van der Waals surface area contributed by atoms with E-state index < -0.39 is 6.04 Å². The van der Waals surface area contributed by atoms with Crippen LogP contribution < -0.4 is 5.32 Å². The van der Waals surface area contributed by atoms with E-state index in [1.807, 2.05) is 6.92 Å². The number of benzene rings is 2. The van der Waals surface area contributed by atoms with Crippen LogP contribution in [0.25, 0.3) is 0 Å². The minimum atomic E-state index is -0.600. The molecule has 0 aromatic heterocycles. The second-order valence-corrected chi connectivity index (χ2v) is 8.01. The van der Waals surface area contributed by atoms with E-state index in [-0.39, 0.29) is 24.2 Å². The molecule has 0 unspecified atom stereocenters. The Hall–Kier alpha value is -2.69. The summed E-state index contributed by atoms with van der Waals surface area (Å²) in [5, 5.41) is 2.86. The number of nitrogens with zero attached hydrogens (tertiary/aromatic N) is 1. The van der Waals surface area contributed by atoms with E-state index >= 15 is 0 Å². The largest absolute Gasteiger partial charge is 0.354 e. The van der Waals surface area contributed by atoms with E-state index in [1.165, 1.54) is 17.7 Å². The van der Waals surface area contributed by atoms with Crippen molar-refractivity contribution in [2.45, 2.75) is 65.5 Å². The number of halogens is 1. The molecule has 1 N–H and O–H groups in total. The first-order chi connectivity index (χ1) is 14.3. The van der Waals surface area contributed by atoms with Crippen LogP contribution in [-0.4, -0.2) is 29.3 Å². The number of carbonyl (C=O) groups is 2. The zero-order valence-electron chi connectivity index (χ0n) is 18.5. The molecule has 0 fully saturated rings. The Morgan fingerprint density at radius 2 is 1.57 bits per heavy atom. The quantitative estimate of drug-likeness (QED) is 0.608. The Morgan fingerprint density at radius 1 is 0.967 bits per heavy atom. The highest BCUT2D eigenvalue weighted by molar-refractivity contribution is 5.87. The summed E-state index contributed by atoms with van der Waals surface area (Å²) in [6.07, 6.45) is 1.75. The lowest BCUT2D eigenvalue weighted by Gasteiger charge is -2.29. The molecule has 0 saturated carbocycles. The standard InChI is InChI=1S/C25H33FN2O2/c1-5-16-27-25(30)19(4)28(17-21-8-13-23(26)14-9-21)24(29)15-10-20-6-11-22(12-7-20)18(2)3/h6-9,11-14,18-19H,5,10,15-17H2,1-4H3,(H,27,30)/t19-/m0/s1. The molecule has 0 spiro atoms. The Morgan fingerprint density at radius 3 is 2.13 bits per heavy atom. The maximum atomic E-state index is 13.3. The van der Waals surface area contributed by atoms with Gasteiger partial charge in [0.25, 0.3) is 0 Å². The van der Waals surface area contributed by atoms with E-state index in [2.05, 4.69) is 43.4 Å². The predicted molar refractivity (Wildman–Crippen MR) is 119 cm³/mol. The highest BCUT2D eigenvalue weighted by Gasteiger charge is 2.25. The van der Waals surface area contributed by atoms with E-state index in [9.17, 15) is 14.0 Å². The van der Waals surface area contributed by atoms with Gasteiger partial charge in [0.05, 0.1) is 0 Å². The molecule has 5 heteroatoms. The molecule has 0 bridgehead atoms. The topological polar surface area (TPSA) is 49.4 Å². The number of nitrogens with one attached hydrogen (secondary N) is 1. The molecular weight excluding hydrogens is 379 g/mol. The van der Waals surface area contributed by atoms with Crippen LogP contribution in [-0.2, 0) is 22.6 Å². The van der Waals surface area contributed by atoms with Crippen LogP contribution in [0, 0.1) is 5.82 Å². The van der Waals surface area contributed by atoms with Crippen molar-refractivity contribution in [1.29, 1.82) is 0 Å². The van der Waals surface area contributed by atoms with Crippen molar-refractivity contribution < 1.29 is 14.0 Å². The summed E-state index contributed by atoms with van der Waals surface area (Å²) in [7, 11) is 0. The highest BCUT2D eigenvalue weighted by atomic mass is 19.1. The summed E-state index contributed by atoms with van der Waals surface area (Å²) in [5.74, 6) is -0.121. The maximum Gasteiger partial charge on any atom is 0.242 e. The summed E-state index contributed by atoms with van der Waals surface area (Å²) in [5.41, 5.74) is 3.16. The Kier molecular flexibility index (Phi) is 9.03. The summed E-state index contributed by atoms with van der Waals surface area (Å²) < 4.78 is 13.3. The molecule has 4 nitrogen and oxygen atoms in total. The van der Waals surface area contributed by atoms with Gasteiger partial charge in [-0.3, -0.25) is 9.59 Å². The molecular formula is C25H33FN2O2. The number of amides is 2. The van der Waals surface area contributed by atoms with E-state index in [0.29, 0.717) is 25.3 Å². The molecule has 0 aliphatic rings. The average Bonchev–Trinajstić information content (AvgIpc) is 2.75. The van der Waals surface area contributed by atoms with Crippen molar-refractivity contribution in [3.63, 3.8) is 0 Å². The number of hydrogen-bond donors (Lipinski definition) is 1. The highest BCUT2D eigenvalue weighted by Crippen LogP contribution is 2.17. The second-order valence-electron chi connectivity index (χ2n) is 8.01. The van der Waals surface area contributed by atoms with E-state index in [1.54, 1.807) is 24.0 Å². The van der Waals surface area contributed by atoms with Gasteiger partial charge in [0, 0.05) is 19.5 Å². The Labute approximate surface area is 179 Å². The molecule has 0 saturated heterocycles. The van der Waals surface area contributed by atoms with Gasteiger partial charge in [0.15, 0.2) is 0 Å². The van der Waals surface area contributed by atoms with Gasteiger partial charge in [-0.15, -0.1) is 0 Å². The molecule has 2 aromatic carbocycles. The summed E-state index contributed by atoms with van der Waals surface area (Å²) in [6, 6.07) is 13.8. The van der Waals surface area contributed by atoms with E-state index in [0.717, 1.165) is 17.5 Å². The van der Waals surface area contributed by atoms with Crippen LogP contribution in [0.2, 0.25) is 0 Å². The minimum absolute atomic E-state index is 0.0913. The first kappa shape index (κ1) is 23.6. The number of carbonyl (C=O) groups excluding carboxylic acids is 2. The fourth-order valence-electron chi connectivity index (χ4n) is 3.23. The molecule has 0 radical (unpaired) electrons. The molecule has 0 heterocycles. The predicted octanol–water partition coefficient (Wildman–Crippen LogP) is 4.83. The van der Waals surface area contributed by atoms with E-state index in [4.69, 9.17) is 0 Å². The smallest absolute Gasteiger partial charge is 0.242 e. The van der Waals surface area contributed by atoms with Crippen molar-refractivity contribution in [2.24, 2.45) is 0 Å². The molecule has 162 valence electrons. The van der Waals surface area contributed by atoms with Crippen molar-refractivity contribution in [2.75, 3.05) is 6.54 Å². The summed E-state index contributed by atoms with van der Waals surface area (Å²) in [4.78, 5) is 27.1. The fourth-order valence-corrected chi connectivity index (χ4v) is 3.23. The van der Waals surface area contributed by atoms with Crippen LogP contribution in [0.3, 0.4) is 0 Å². The van der Waals surface area contributed by atoms with Gasteiger partial charge in [0.1, 0.15) is 11.9 Å². The van der Waals surface area contributed by atoms with Gasteiger partial charge in [-0.2, -0.15) is 0 Å². The van der Waals surface area contributed by atoms with Gasteiger partial charge in [-0.25, -0.2) is 4.39 Å². The summed E-state index contributed by atoms with van der Waals surface area (Å²) >= 11 is 0. The average molecular weight is 413 g/mol. The number of hydrogen-bond acceptors (Lipinski definition) is 2. The first-order valence-corrected chi connectivity index (χ1v) is 10.7. The Balaban J connectivity index is 2.09. The van der Waals surface area contributed by atoms with Crippen LogP contribution in [0.1, 0.15) is 63.1 Å². The molecule has 0 aliphatic heterocycles. The minimum Gasteiger partial charge on any atom is -0.354 e. The normalized spacial score (nSPS) is 11.9. The second kappa shape index (κ2) is 11.5. The van der Waals surface area contributed by atoms with Crippen molar-refractivity contribution in [3.8, 4) is 0 Å². The number of rotatable bonds is 10. The molecule has 0 aliphatic carbocycles. The van der Waals surface area contributed by atoms with Gasteiger partial charge in [0.2, 0.25) is 11.8 Å². The number of aryl methyl sites for hydroxylation is 1. The summed E-state index contributed by atoms with van der Waals surface area (Å²) in [6.45, 7) is 8.87. The van der Waals surface area contributed by atoms with Crippen molar-refractivity contribution in [3.05, 3.63) is 71.0 Å². The fraction of sp³-hybridized carbons (Fsp3) is 0.440. The molecule has 2 aromatic rings. The van der Waals surface area contributed by atoms with Gasteiger partial charge in [-0.1, -0.05) is 57.2 Å². The van der Waals surface area contributed by atoms with Gasteiger partial charge >= 0.3 is 0 Å². The zero-order valence-corrected chi connectivity index (χ0v) is 18.5. The molecule has 2 amide bonds. The lowest BCUT2D eigenvalue weighted by molar-refractivity contribution is -0.140. The van der Waals surface area contributed by atoms with Crippen LogP contribution in [0.5, 0.6) is 0 Å². The van der Waals surface area contributed by atoms with Crippen LogP contribution in [0.15, 0.2) is 48.5 Å². The van der Waals surface area contributed by atoms with Crippen molar-refractivity contribution >= 4 is 11.8 Å². The van der Waals surface area contributed by atoms with Gasteiger partial charge in [-0.05, 0) is 54.5 Å². The van der Waals surface area contributed by atoms with Crippen molar-refractivity contribution in [1.82, 2.24) is 10.2 Å².